The minimum Gasteiger partial charge on any atom is -0.317 e. The zero-order valence-electron chi connectivity index (χ0n) is 11.1. The summed E-state index contributed by atoms with van der Waals surface area (Å²) in [7, 11) is 0. The molecule has 2 heterocycles. The van der Waals surface area contributed by atoms with Gasteiger partial charge >= 0.3 is 0 Å². The van der Waals surface area contributed by atoms with Crippen molar-refractivity contribution in [3.63, 3.8) is 0 Å². The van der Waals surface area contributed by atoms with Gasteiger partial charge in [-0.1, -0.05) is 6.92 Å². The predicted molar refractivity (Wildman–Crippen MR) is 73.4 cm³/mol. The summed E-state index contributed by atoms with van der Waals surface area (Å²) in [6.45, 7) is 11.4. The average Bonchev–Trinajstić information content (AvgIpc) is 2.97. The lowest BCUT2D eigenvalue weighted by molar-refractivity contribution is 0.148. The van der Waals surface area contributed by atoms with Gasteiger partial charge in [0.2, 0.25) is 0 Å². The average molecular weight is 253 g/mol. The van der Waals surface area contributed by atoms with Gasteiger partial charge in [0.25, 0.3) is 0 Å². The Kier molecular flexibility index (Phi) is 4.17. The maximum absolute atomic E-state index is 4.48. The van der Waals surface area contributed by atoms with Crippen molar-refractivity contribution in [3.05, 3.63) is 16.6 Å². The normalized spacial score (nSPS) is 22.2. The third-order valence-corrected chi connectivity index (χ3v) is 4.80. The first-order chi connectivity index (χ1) is 8.14. The van der Waals surface area contributed by atoms with Gasteiger partial charge < -0.3 is 5.32 Å². The molecule has 0 spiro atoms. The quantitative estimate of drug-likeness (QED) is 0.873. The van der Waals surface area contributed by atoms with E-state index in [-0.39, 0.29) is 5.54 Å². The summed E-state index contributed by atoms with van der Waals surface area (Å²) in [4.78, 5) is 7.06. The molecule has 1 aromatic rings. The summed E-state index contributed by atoms with van der Waals surface area (Å²) in [5, 5.41) is 6.77. The molecule has 1 N–H and O–H groups in total. The second-order valence-electron chi connectivity index (χ2n) is 5.30. The van der Waals surface area contributed by atoms with Gasteiger partial charge in [0, 0.05) is 18.1 Å². The van der Waals surface area contributed by atoms with E-state index in [9.17, 15) is 0 Å². The molecular formula is C13H23N3S. The maximum atomic E-state index is 4.48. The number of aromatic nitrogens is 1. The Labute approximate surface area is 108 Å². The molecule has 1 fully saturated rings. The fourth-order valence-electron chi connectivity index (χ4n) is 2.52. The molecule has 1 unspecified atom stereocenters. The second kappa shape index (κ2) is 5.46. The van der Waals surface area contributed by atoms with E-state index >= 15 is 0 Å². The van der Waals surface area contributed by atoms with E-state index in [4.69, 9.17) is 0 Å². The Morgan fingerprint density at radius 3 is 3.06 bits per heavy atom. The van der Waals surface area contributed by atoms with Crippen LogP contribution in [0.25, 0.3) is 0 Å². The summed E-state index contributed by atoms with van der Waals surface area (Å²) >= 11 is 1.77. The van der Waals surface area contributed by atoms with Gasteiger partial charge in [-0.3, -0.25) is 4.90 Å². The first kappa shape index (κ1) is 13.0. The summed E-state index contributed by atoms with van der Waals surface area (Å²) in [5.74, 6) is 0.800. The molecule has 0 aromatic carbocycles. The molecular weight excluding hydrogens is 230 g/mol. The van der Waals surface area contributed by atoms with Crippen LogP contribution in [0.4, 0.5) is 0 Å². The largest absolute Gasteiger partial charge is 0.317 e. The molecule has 0 bridgehead atoms. The Balaban J connectivity index is 1.95. The van der Waals surface area contributed by atoms with Crippen LogP contribution in [0.5, 0.6) is 0 Å². The first-order valence-corrected chi connectivity index (χ1v) is 7.38. The fraction of sp³-hybridized carbons (Fsp3) is 0.769. The lowest BCUT2D eigenvalue weighted by Gasteiger charge is -2.33. The van der Waals surface area contributed by atoms with E-state index in [0.29, 0.717) is 0 Å². The van der Waals surface area contributed by atoms with Crippen LogP contribution in [0.15, 0.2) is 11.6 Å². The van der Waals surface area contributed by atoms with Gasteiger partial charge in [0.15, 0.2) is 0 Å². The monoisotopic (exact) mass is 253 g/mol. The van der Waals surface area contributed by atoms with Crippen LogP contribution in [-0.2, 0) is 5.54 Å². The molecule has 1 aromatic heterocycles. The minimum atomic E-state index is 0.0924. The molecule has 0 radical (unpaired) electrons. The highest BCUT2D eigenvalue weighted by molar-refractivity contribution is 7.09. The topological polar surface area (TPSA) is 28.2 Å². The third kappa shape index (κ3) is 2.87. The lowest BCUT2D eigenvalue weighted by atomic mass is 10.0. The van der Waals surface area contributed by atoms with Crippen molar-refractivity contribution < 1.29 is 0 Å². The molecule has 96 valence electrons. The highest BCUT2D eigenvalue weighted by Gasteiger charge is 2.36. The van der Waals surface area contributed by atoms with Crippen LogP contribution < -0.4 is 5.32 Å². The molecule has 0 amide bonds. The van der Waals surface area contributed by atoms with E-state index in [1.807, 2.05) is 6.20 Å². The van der Waals surface area contributed by atoms with E-state index in [1.54, 1.807) is 11.3 Å². The number of hydrogen-bond acceptors (Lipinski definition) is 4. The van der Waals surface area contributed by atoms with Gasteiger partial charge in [-0.05, 0) is 45.8 Å². The van der Waals surface area contributed by atoms with Gasteiger partial charge in [0.05, 0.1) is 5.54 Å². The van der Waals surface area contributed by atoms with Gasteiger partial charge in [-0.25, -0.2) is 4.98 Å². The Morgan fingerprint density at radius 1 is 1.59 bits per heavy atom. The number of rotatable bonds is 5. The molecule has 3 nitrogen and oxygen atoms in total. The smallest absolute Gasteiger partial charge is 0.112 e. The Hall–Kier alpha value is -0.450. The zero-order valence-corrected chi connectivity index (χ0v) is 11.9. The van der Waals surface area contributed by atoms with Crippen LogP contribution in [-0.4, -0.2) is 36.1 Å². The lowest BCUT2D eigenvalue weighted by Crippen LogP contribution is -2.40. The van der Waals surface area contributed by atoms with Crippen molar-refractivity contribution in [2.45, 2.75) is 32.7 Å². The van der Waals surface area contributed by atoms with Crippen molar-refractivity contribution in [3.8, 4) is 0 Å². The van der Waals surface area contributed by atoms with Gasteiger partial charge in [0.1, 0.15) is 5.01 Å². The van der Waals surface area contributed by atoms with Crippen molar-refractivity contribution in [2.24, 2.45) is 5.92 Å². The SMILES string of the molecule is CCNCC1CCN(C(C)(C)c2nccs2)C1. The van der Waals surface area contributed by atoms with Crippen molar-refractivity contribution in [2.75, 3.05) is 26.2 Å². The minimum absolute atomic E-state index is 0.0924. The van der Waals surface area contributed by atoms with Crippen LogP contribution in [0.2, 0.25) is 0 Å². The van der Waals surface area contributed by atoms with Crippen LogP contribution in [0, 0.1) is 5.92 Å². The Bertz CT molecular complexity index is 334. The van der Waals surface area contributed by atoms with Crippen molar-refractivity contribution in [1.29, 1.82) is 0 Å². The number of nitrogens with one attached hydrogen (secondary N) is 1. The van der Waals surface area contributed by atoms with E-state index in [1.165, 1.54) is 24.5 Å². The number of nitrogens with zero attached hydrogens (tertiary/aromatic N) is 2. The molecule has 0 saturated carbocycles. The standard InChI is InChI=1S/C13H23N3S/c1-4-14-9-11-5-7-16(10-11)13(2,3)12-15-6-8-17-12/h6,8,11,14H,4-5,7,9-10H2,1-3H3. The summed E-state index contributed by atoms with van der Waals surface area (Å²) in [6.07, 6.45) is 3.22. The number of hydrogen-bond donors (Lipinski definition) is 1. The molecule has 2 rings (SSSR count). The molecule has 1 aliphatic rings. The van der Waals surface area contributed by atoms with Gasteiger partial charge in [-0.15, -0.1) is 11.3 Å². The molecule has 1 saturated heterocycles. The van der Waals surface area contributed by atoms with Crippen molar-refractivity contribution >= 4 is 11.3 Å². The maximum Gasteiger partial charge on any atom is 0.112 e. The van der Waals surface area contributed by atoms with Gasteiger partial charge in [-0.2, -0.15) is 0 Å². The third-order valence-electron chi connectivity index (χ3n) is 3.72. The zero-order chi connectivity index (χ0) is 12.3. The molecule has 1 atom stereocenters. The molecule has 1 aliphatic heterocycles. The highest BCUT2D eigenvalue weighted by atomic mass is 32.1. The van der Waals surface area contributed by atoms with E-state index in [2.05, 4.69) is 41.4 Å². The summed E-state index contributed by atoms with van der Waals surface area (Å²) in [5.41, 5.74) is 0.0924. The van der Waals surface area contributed by atoms with Crippen molar-refractivity contribution in [1.82, 2.24) is 15.2 Å². The summed E-state index contributed by atoms with van der Waals surface area (Å²) in [6, 6.07) is 0. The van der Waals surface area contributed by atoms with E-state index in [0.717, 1.165) is 19.0 Å². The van der Waals surface area contributed by atoms with E-state index < -0.39 is 0 Å². The summed E-state index contributed by atoms with van der Waals surface area (Å²) < 4.78 is 0. The van der Waals surface area contributed by atoms with Crippen LogP contribution in [0.3, 0.4) is 0 Å². The second-order valence-corrected chi connectivity index (χ2v) is 6.20. The number of likely N-dealkylation sites (tertiary alicyclic amines) is 1. The molecule has 4 heteroatoms. The highest BCUT2D eigenvalue weighted by Crippen LogP contribution is 2.33. The van der Waals surface area contributed by atoms with Crippen LogP contribution in [0.1, 0.15) is 32.2 Å². The van der Waals surface area contributed by atoms with Crippen LogP contribution >= 0.6 is 11.3 Å². The number of thiazole rings is 1. The molecule has 0 aliphatic carbocycles. The fourth-order valence-corrected chi connectivity index (χ4v) is 3.31. The first-order valence-electron chi connectivity index (χ1n) is 6.50. The predicted octanol–water partition coefficient (Wildman–Crippen LogP) is 2.31. The molecule has 17 heavy (non-hydrogen) atoms. The Morgan fingerprint density at radius 2 is 2.41 bits per heavy atom.